The van der Waals surface area contributed by atoms with Crippen molar-refractivity contribution < 1.29 is 23.9 Å². The molecule has 0 aromatic heterocycles. The Morgan fingerprint density at radius 3 is 2.03 bits per heavy atom. The van der Waals surface area contributed by atoms with Gasteiger partial charge in [0.2, 0.25) is 5.91 Å². The Hall–Kier alpha value is -4.13. The smallest absolute Gasteiger partial charge is 0.407 e. The molecule has 2 amide bonds. The molecule has 0 fully saturated rings. The summed E-state index contributed by atoms with van der Waals surface area (Å²) >= 11 is 0. The molecule has 1 aliphatic rings. The number of alkyl carbamates (subject to hydrolysis) is 1. The Morgan fingerprint density at radius 1 is 0.868 bits per heavy atom. The number of carbonyl (C=O) groups excluding carboxylic acids is 3. The van der Waals surface area contributed by atoms with Gasteiger partial charge in [0.05, 0.1) is 0 Å². The summed E-state index contributed by atoms with van der Waals surface area (Å²) in [4.78, 5) is 38.2. The Balaban J connectivity index is 1.39. The molecule has 1 atom stereocenters. The molecule has 0 radical (unpaired) electrons. The third kappa shape index (κ3) is 6.79. The van der Waals surface area contributed by atoms with Crippen LogP contribution in [0.15, 0.2) is 72.8 Å². The first-order chi connectivity index (χ1) is 18.1. The molecule has 0 spiro atoms. The number of rotatable bonds is 8. The van der Waals surface area contributed by atoms with Crippen molar-refractivity contribution in [3.8, 4) is 11.1 Å². The van der Waals surface area contributed by atoms with Crippen LogP contribution < -0.4 is 10.6 Å². The second kappa shape index (κ2) is 11.5. The molecule has 3 aromatic carbocycles. The Morgan fingerprint density at radius 2 is 1.45 bits per heavy atom. The molecule has 0 saturated heterocycles. The van der Waals surface area contributed by atoms with Crippen molar-refractivity contribution >= 4 is 23.7 Å². The predicted octanol–water partition coefficient (Wildman–Crippen LogP) is 5.96. The second-order valence-corrected chi connectivity index (χ2v) is 10.5. The van der Waals surface area contributed by atoms with E-state index in [1.165, 1.54) is 0 Å². The summed E-state index contributed by atoms with van der Waals surface area (Å²) in [6.45, 7) is 7.33. The van der Waals surface area contributed by atoms with Gasteiger partial charge in [0.1, 0.15) is 18.2 Å². The molecule has 7 nitrogen and oxygen atoms in total. The summed E-state index contributed by atoms with van der Waals surface area (Å²) in [7, 11) is 0. The first-order valence-corrected chi connectivity index (χ1v) is 12.8. The summed E-state index contributed by atoms with van der Waals surface area (Å²) in [6, 6.07) is 22.5. The number of carbonyl (C=O) groups is 3. The number of hydrogen-bond acceptors (Lipinski definition) is 5. The van der Waals surface area contributed by atoms with E-state index in [9.17, 15) is 14.4 Å². The summed E-state index contributed by atoms with van der Waals surface area (Å²) < 4.78 is 11.1. The molecule has 38 heavy (non-hydrogen) atoms. The number of fused-ring (bicyclic) bond motifs is 3. The van der Waals surface area contributed by atoms with Crippen molar-refractivity contribution in [3.05, 3.63) is 89.5 Å². The number of aryl methyl sites for hydroxylation is 1. The van der Waals surface area contributed by atoms with Crippen molar-refractivity contribution in [1.82, 2.24) is 5.32 Å². The van der Waals surface area contributed by atoms with Crippen LogP contribution in [-0.2, 0) is 19.1 Å². The molecule has 7 heteroatoms. The van der Waals surface area contributed by atoms with E-state index in [2.05, 4.69) is 22.8 Å². The molecule has 1 aliphatic carbocycles. The quantitative estimate of drug-likeness (QED) is 0.362. The van der Waals surface area contributed by atoms with Crippen LogP contribution in [0.1, 0.15) is 56.2 Å². The van der Waals surface area contributed by atoms with Crippen molar-refractivity contribution in [2.24, 2.45) is 0 Å². The van der Waals surface area contributed by atoms with Gasteiger partial charge in [0.25, 0.3) is 0 Å². The molecule has 0 bridgehead atoms. The molecule has 0 aliphatic heterocycles. The Kier molecular flexibility index (Phi) is 8.15. The molecule has 0 saturated carbocycles. The van der Waals surface area contributed by atoms with Gasteiger partial charge in [-0.1, -0.05) is 66.2 Å². The highest BCUT2D eigenvalue weighted by atomic mass is 16.6. The molecule has 3 aromatic rings. The average Bonchev–Trinajstić information content (AvgIpc) is 3.19. The van der Waals surface area contributed by atoms with Gasteiger partial charge in [-0.05, 0) is 68.5 Å². The lowest BCUT2D eigenvalue weighted by molar-refractivity contribution is -0.157. The fraction of sp³-hybridized carbons (Fsp3) is 0.323. The van der Waals surface area contributed by atoms with Crippen molar-refractivity contribution in [2.45, 2.75) is 58.1 Å². The van der Waals surface area contributed by atoms with E-state index >= 15 is 0 Å². The summed E-state index contributed by atoms with van der Waals surface area (Å²) in [5.41, 5.74) is 5.45. The van der Waals surface area contributed by atoms with Gasteiger partial charge >= 0.3 is 12.1 Å². The average molecular weight is 515 g/mol. The summed E-state index contributed by atoms with van der Waals surface area (Å²) in [6.07, 6.45) is -0.653. The van der Waals surface area contributed by atoms with Crippen LogP contribution in [0, 0.1) is 6.92 Å². The van der Waals surface area contributed by atoms with E-state index in [1.54, 1.807) is 20.8 Å². The molecule has 0 unspecified atom stereocenters. The van der Waals surface area contributed by atoms with E-state index < -0.39 is 23.7 Å². The lowest BCUT2D eigenvalue weighted by Crippen LogP contribution is -2.45. The van der Waals surface area contributed by atoms with Gasteiger partial charge in [-0.25, -0.2) is 9.59 Å². The first kappa shape index (κ1) is 26.9. The van der Waals surface area contributed by atoms with Gasteiger partial charge in [-0.15, -0.1) is 0 Å². The SMILES string of the molecule is Cc1ccc(NC(=O)CC[C@@H](NC(=O)OCC2c3ccccc3-c3ccccc32)C(=O)OC(C)(C)C)cc1. The van der Waals surface area contributed by atoms with Gasteiger partial charge in [0.15, 0.2) is 0 Å². The predicted molar refractivity (Wildman–Crippen MR) is 147 cm³/mol. The number of ether oxygens (including phenoxy) is 2. The maximum absolute atomic E-state index is 12.9. The maximum Gasteiger partial charge on any atom is 0.407 e. The zero-order valence-electron chi connectivity index (χ0n) is 22.2. The molecule has 2 N–H and O–H groups in total. The third-order valence-corrected chi connectivity index (χ3v) is 6.32. The maximum atomic E-state index is 12.9. The number of hydrogen-bond donors (Lipinski definition) is 2. The van der Waals surface area contributed by atoms with Crippen LogP contribution in [0.4, 0.5) is 10.5 Å². The summed E-state index contributed by atoms with van der Waals surface area (Å²) in [5.74, 6) is -0.987. The number of nitrogens with one attached hydrogen (secondary N) is 2. The van der Waals surface area contributed by atoms with Crippen molar-refractivity contribution in [3.63, 3.8) is 0 Å². The highest BCUT2D eigenvalue weighted by Crippen LogP contribution is 2.44. The van der Waals surface area contributed by atoms with Crippen LogP contribution >= 0.6 is 0 Å². The van der Waals surface area contributed by atoms with Gasteiger partial charge < -0.3 is 20.1 Å². The normalized spacial score (nSPS) is 13.2. The van der Waals surface area contributed by atoms with Crippen molar-refractivity contribution in [1.29, 1.82) is 0 Å². The number of amides is 2. The zero-order chi connectivity index (χ0) is 27.3. The first-order valence-electron chi connectivity index (χ1n) is 12.8. The van der Waals surface area contributed by atoms with Crippen molar-refractivity contribution in [2.75, 3.05) is 11.9 Å². The second-order valence-electron chi connectivity index (χ2n) is 10.5. The zero-order valence-corrected chi connectivity index (χ0v) is 22.2. The van der Waals surface area contributed by atoms with Crippen LogP contribution in [0.25, 0.3) is 11.1 Å². The lowest BCUT2D eigenvalue weighted by Gasteiger charge is -2.24. The van der Waals surface area contributed by atoms with Crippen LogP contribution in [0.5, 0.6) is 0 Å². The summed E-state index contributed by atoms with van der Waals surface area (Å²) in [5, 5.41) is 5.43. The monoisotopic (exact) mass is 514 g/mol. The Bertz CT molecular complexity index is 1260. The molecular formula is C31H34N2O5. The van der Waals surface area contributed by atoms with E-state index in [0.717, 1.165) is 27.8 Å². The number of esters is 1. The Labute approximate surface area is 223 Å². The van der Waals surface area contributed by atoms with Crippen LogP contribution in [0.2, 0.25) is 0 Å². The van der Waals surface area contributed by atoms with E-state index in [0.29, 0.717) is 5.69 Å². The minimum atomic E-state index is -1.03. The van der Waals surface area contributed by atoms with Crippen LogP contribution in [0.3, 0.4) is 0 Å². The standard InChI is InChI=1S/C31H34N2O5/c1-20-13-15-21(16-14-20)32-28(34)18-17-27(29(35)38-31(2,3)4)33-30(36)37-19-26-24-11-7-5-9-22(24)23-10-6-8-12-25(23)26/h5-16,26-27H,17-19H2,1-4H3,(H,32,34)(H,33,36)/t27-/m1/s1. The van der Waals surface area contributed by atoms with E-state index in [1.807, 2.05) is 67.6 Å². The van der Waals surface area contributed by atoms with Gasteiger partial charge in [-0.2, -0.15) is 0 Å². The highest BCUT2D eigenvalue weighted by molar-refractivity contribution is 5.91. The van der Waals surface area contributed by atoms with E-state index in [4.69, 9.17) is 9.47 Å². The van der Waals surface area contributed by atoms with Gasteiger partial charge in [-0.3, -0.25) is 4.79 Å². The molecular weight excluding hydrogens is 480 g/mol. The lowest BCUT2D eigenvalue weighted by atomic mass is 9.98. The molecule has 0 heterocycles. The number of benzene rings is 3. The molecule has 198 valence electrons. The third-order valence-electron chi connectivity index (χ3n) is 6.32. The largest absolute Gasteiger partial charge is 0.458 e. The van der Waals surface area contributed by atoms with E-state index in [-0.39, 0.29) is 31.3 Å². The number of anilines is 1. The molecule has 4 rings (SSSR count). The fourth-order valence-electron chi connectivity index (χ4n) is 4.54. The van der Waals surface area contributed by atoms with Gasteiger partial charge in [0, 0.05) is 18.0 Å². The topological polar surface area (TPSA) is 93.7 Å². The minimum Gasteiger partial charge on any atom is -0.458 e. The highest BCUT2D eigenvalue weighted by Gasteiger charge is 2.31. The van der Waals surface area contributed by atoms with Crippen LogP contribution in [-0.4, -0.2) is 36.2 Å². The minimum absolute atomic E-state index is 0.0153. The fourth-order valence-corrected chi connectivity index (χ4v) is 4.54.